The van der Waals surface area contributed by atoms with E-state index in [1.807, 2.05) is 13.8 Å². The first-order chi connectivity index (χ1) is 18.3. The summed E-state index contributed by atoms with van der Waals surface area (Å²) in [6, 6.07) is 0.702. The summed E-state index contributed by atoms with van der Waals surface area (Å²) in [6.45, 7) is 8.96. The van der Waals surface area contributed by atoms with Gasteiger partial charge in [-0.3, -0.25) is 0 Å². The highest BCUT2D eigenvalue weighted by Crippen LogP contribution is 2.23. The van der Waals surface area contributed by atoms with Crippen molar-refractivity contribution in [1.82, 2.24) is 19.9 Å². The standard InChI is InChI=1S/C15H22N4O3.C10H15IN4O/c1-3-22-13(20)5-4-12-10(2)17-15(16)19-14(12)18-11-6-8-21-9-7-11;1-6-8(11)9(15-10(12)13-6)14-7-2-4-16-5-3-7/h4-5,11H,3,6-9H2,1-2H3,(H3,16,17,18,19);7H,2-5H2,1H3,(H3,12,13,14,15)/b5-4+;. The molecular weight excluding hydrogens is 603 g/mol. The van der Waals surface area contributed by atoms with Crippen LogP contribution in [0.1, 0.15) is 49.6 Å². The van der Waals surface area contributed by atoms with E-state index in [0.29, 0.717) is 30.1 Å². The molecule has 0 aliphatic carbocycles. The molecule has 0 saturated carbocycles. The number of nitrogens with two attached hydrogens (primary N) is 2. The molecule has 0 aromatic carbocycles. The summed E-state index contributed by atoms with van der Waals surface area (Å²) in [5, 5.41) is 6.78. The van der Waals surface area contributed by atoms with E-state index in [2.05, 4.69) is 53.2 Å². The maximum absolute atomic E-state index is 11.5. The number of nitrogens with zero attached hydrogens (tertiary/aromatic N) is 4. The SMILES string of the molecule is CCOC(=O)/C=C/c1c(C)nc(N)nc1NC1CCOCC1.Cc1nc(N)nc(NC2CCOCC2)c1I. The molecule has 2 aliphatic heterocycles. The first-order valence-corrected chi connectivity index (χ1v) is 13.8. The number of nitrogens with one attached hydrogen (secondary N) is 2. The highest BCUT2D eigenvalue weighted by atomic mass is 127. The zero-order chi connectivity index (χ0) is 27.5. The fourth-order valence-electron chi connectivity index (χ4n) is 4.00. The molecule has 0 amide bonds. The van der Waals surface area contributed by atoms with Crippen molar-refractivity contribution in [3.63, 3.8) is 0 Å². The quantitative estimate of drug-likeness (QED) is 0.198. The molecule has 4 rings (SSSR count). The lowest BCUT2D eigenvalue weighted by Gasteiger charge is -2.24. The van der Waals surface area contributed by atoms with Gasteiger partial charge in [-0.2, -0.15) is 9.97 Å². The largest absolute Gasteiger partial charge is 0.463 e. The molecule has 12 nitrogen and oxygen atoms in total. The van der Waals surface area contributed by atoms with Gasteiger partial charge in [0.1, 0.15) is 11.6 Å². The van der Waals surface area contributed by atoms with Gasteiger partial charge in [-0.05, 0) is 75.1 Å². The molecule has 208 valence electrons. The second kappa shape index (κ2) is 15.0. The van der Waals surface area contributed by atoms with Crippen LogP contribution in [0.5, 0.6) is 0 Å². The molecule has 6 N–H and O–H groups in total. The third-order valence-corrected chi connectivity index (χ3v) is 7.28. The Kier molecular flexibility index (Phi) is 11.7. The average molecular weight is 641 g/mol. The number of hydrogen-bond donors (Lipinski definition) is 4. The van der Waals surface area contributed by atoms with Gasteiger partial charge in [0.15, 0.2) is 0 Å². The minimum absolute atomic E-state index is 0.209. The number of esters is 1. The summed E-state index contributed by atoms with van der Waals surface area (Å²) >= 11 is 2.24. The van der Waals surface area contributed by atoms with Crippen LogP contribution in [0.4, 0.5) is 23.5 Å². The third kappa shape index (κ3) is 9.20. The Hall–Kier alpha value is -2.78. The molecule has 38 heavy (non-hydrogen) atoms. The first kappa shape index (κ1) is 29.8. The van der Waals surface area contributed by atoms with Crippen molar-refractivity contribution >= 4 is 58.2 Å². The highest BCUT2D eigenvalue weighted by Gasteiger charge is 2.18. The Bertz CT molecular complexity index is 1110. The molecule has 0 unspecified atom stereocenters. The summed E-state index contributed by atoms with van der Waals surface area (Å²) < 4.78 is 16.6. The number of halogens is 1. The van der Waals surface area contributed by atoms with E-state index < -0.39 is 5.97 Å². The molecular formula is C25H37IN8O4. The van der Waals surface area contributed by atoms with Crippen LogP contribution < -0.4 is 22.1 Å². The van der Waals surface area contributed by atoms with Crippen molar-refractivity contribution < 1.29 is 19.0 Å². The minimum atomic E-state index is -0.393. The Labute approximate surface area is 236 Å². The first-order valence-electron chi connectivity index (χ1n) is 12.7. The van der Waals surface area contributed by atoms with Crippen molar-refractivity contribution in [1.29, 1.82) is 0 Å². The van der Waals surface area contributed by atoms with Gasteiger partial charge in [0.05, 0.1) is 21.6 Å². The summed E-state index contributed by atoms with van der Waals surface area (Å²) in [4.78, 5) is 28.3. The Morgan fingerprint density at radius 1 is 0.921 bits per heavy atom. The molecule has 0 atom stereocenters. The number of hydrogen-bond acceptors (Lipinski definition) is 12. The molecule has 2 aromatic rings. The molecule has 2 fully saturated rings. The van der Waals surface area contributed by atoms with Gasteiger partial charge < -0.3 is 36.3 Å². The second-order valence-corrected chi connectivity index (χ2v) is 9.99. The van der Waals surface area contributed by atoms with Crippen LogP contribution in [0.2, 0.25) is 0 Å². The Morgan fingerprint density at radius 3 is 1.97 bits per heavy atom. The van der Waals surface area contributed by atoms with Crippen molar-refractivity contribution in [2.45, 2.75) is 58.5 Å². The highest BCUT2D eigenvalue weighted by molar-refractivity contribution is 14.1. The number of rotatable bonds is 7. The summed E-state index contributed by atoms with van der Waals surface area (Å²) in [5.74, 6) is 1.62. The van der Waals surface area contributed by atoms with E-state index in [9.17, 15) is 4.79 Å². The molecule has 0 bridgehead atoms. The van der Waals surface area contributed by atoms with Gasteiger partial charge in [0.2, 0.25) is 11.9 Å². The fourth-order valence-corrected chi connectivity index (χ4v) is 4.40. The average Bonchev–Trinajstić information content (AvgIpc) is 2.88. The number of aryl methyl sites for hydroxylation is 2. The molecule has 0 spiro atoms. The lowest BCUT2D eigenvalue weighted by molar-refractivity contribution is -0.137. The number of nitrogen functional groups attached to an aromatic ring is 2. The summed E-state index contributed by atoms with van der Waals surface area (Å²) in [7, 11) is 0. The maximum atomic E-state index is 11.5. The molecule has 2 aliphatic rings. The number of carbonyl (C=O) groups excluding carboxylic acids is 1. The topological polar surface area (TPSA) is 172 Å². The van der Waals surface area contributed by atoms with Gasteiger partial charge in [-0.25, -0.2) is 14.8 Å². The number of carbonyl (C=O) groups is 1. The van der Waals surface area contributed by atoms with Crippen molar-refractivity contribution in [3.8, 4) is 0 Å². The summed E-state index contributed by atoms with van der Waals surface area (Å²) in [5.41, 5.74) is 13.8. The number of ether oxygens (including phenoxy) is 3. The van der Waals surface area contributed by atoms with Crippen LogP contribution in [0.25, 0.3) is 6.08 Å². The van der Waals surface area contributed by atoms with Gasteiger partial charge in [0.25, 0.3) is 0 Å². The van der Waals surface area contributed by atoms with Crippen molar-refractivity contribution in [2.75, 3.05) is 55.1 Å². The van der Waals surface area contributed by atoms with Crippen LogP contribution in [0.3, 0.4) is 0 Å². The van der Waals surface area contributed by atoms with E-state index in [0.717, 1.165) is 72.8 Å². The smallest absolute Gasteiger partial charge is 0.330 e. The zero-order valence-corrected chi connectivity index (χ0v) is 24.3. The molecule has 13 heteroatoms. The van der Waals surface area contributed by atoms with Gasteiger partial charge in [-0.1, -0.05) is 0 Å². The Morgan fingerprint density at radius 2 is 1.42 bits per heavy atom. The minimum Gasteiger partial charge on any atom is -0.463 e. The van der Waals surface area contributed by atoms with Crippen LogP contribution in [-0.2, 0) is 19.0 Å². The van der Waals surface area contributed by atoms with Crippen LogP contribution in [-0.4, -0.2) is 71.0 Å². The summed E-state index contributed by atoms with van der Waals surface area (Å²) in [6.07, 6.45) is 6.88. The van der Waals surface area contributed by atoms with Crippen LogP contribution in [0, 0.1) is 17.4 Å². The second-order valence-electron chi connectivity index (χ2n) is 8.91. The normalized spacial score (nSPS) is 16.5. The number of anilines is 4. The predicted molar refractivity (Wildman–Crippen MR) is 156 cm³/mol. The van der Waals surface area contributed by atoms with Crippen LogP contribution in [0.15, 0.2) is 6.08 Å². The maximum Gasteiger partial charge on any atom is 0.330 e. The monoisotopic (exact) mass is 640 g/mol. The van der Waals surface area contributed by atoms with E-state index in [1.165, 1.54) is 6.08 Å². The van der Waals surface area contributed by atoms with E-state index in [1.54, 1.807) is 13.0 Å². The van der Waals surface area contributed by atoms with Crippen LogP contribution >= 0.6 is 22.6 Å². The molecule has 4 heterocycles. The molecule has 2 saturated heterocycles. The third-order valence-electron chi connectivity index (χ3n) is 5.98. The predicted octanol–water partition coefficient (Wildman–Crippen LogP) is 3.10. The van der Waals surface area contributed by atoms with E-state index in [4.69, 9.17) is 25.7 Å². The van der Waals surface area contributed by atoms with Gasteiger partial charge >= 0.3 is 5.97 Å². The van der Waals surface area contributed by atoms with Crippen molar-refractivity contribution in [2.24, 2.45) is 0 Å². The Balaban J connectivity index is 0.000000221. The van der Waals surface area contributed by atoms with Gasteiger partial charge in [0, 0.05) is 50.2 Å². The number of aromatic nitrogens is 4. The zero-order valence-electron chi connectivity index (χ0n) is 22.1. The fraction of sp³-hybridized carbons (Fsp3) is 0.560. The lowest BCUT2D eigenvalue weighted by atomic mass is 10.1. The molecule has 0 radical (unpaired) electrons. The molecule has 2 aromatic heterocycles. The van der Waals surface area contributed by atoms with E-state index >= 15 is 0 Å². The van der Waals surface area contributed by atoms with Gasteiger partial charge in [-0.15, -0.1) is 0 Å². The van der Waals surface area contributed by atoms with Crippen molar-refractivity contribution in [3.05, 3.63) is 26.6 Å². The van der Waals surface area contributed by atoms with E-state index in [-0.39, 0.29) is 12.0 Å². The lowest BCUT2D eigenvalue weighted by Crippen LogP contribution is -2.29.